The molecule has 2 atom stereocenters. The predicted molar refractivity (Wildman–Crippen MR) is 256 cm³/mol. The van der Waals surface area contributed by atoms with Gasteiger partial charge in [0.25, 0.3) is 0 Å². The maximum Gasteiger partial charge on any atom is 0.407 e. The molecule has 2 saturated heterocycles. The van der Waals surface area contributed by atoms with Crippen molar-refractivity contribution in [1.29, 1.82) is 0 Å². The number of pyridine rings is 1. The van der Waals surface area contributed by atoms with Crippen molar-refractivity contribution in [1.82, 2.24) is 45.4 Å². The van der Waals surface area contributed by atoms with Gasteiger partial charge >= 0.3 is 12.2 Å². The number of amides is 4. The molecular formula is C50H65N9O6. The number of hydrogen-bond acceptors (Lipinski definition) is 9. The Morgan fingerprint density at radius 3 is 1.95 bits per heavy atom. The first-order valence-corrected chi connectivity index (χ1v) is 22.0. The van der Waals surface area contributed by atoms with Crippen LogP contribution in [0.5, 0.6) is 0 Å². The van der Waals surface area contributed by atoms with Crippen molar-refractivity contribution in [2.75, 3.05) is 40.4 Å². The molecule has 346 valence electrons. The van der Waals surface area contributed by atoms with Crippen LogP contribution in [0, 0.1) is 25.7 Å². The average Bonchev–Trinajstić information content (AvgIpc) is 4.06. The molecule has 4 N–H and O–H groups in total. The lowest BCUT2D eigenvalue weighted by Crippen LogP contribution is -2.53. The topological polar surface area (TPSA) is 188 Å². The van der Waals surface area contributed by atoms with Gasteiger partial charge in [-0.25, -0.2) is 19.6 Å². The minimum Gasteiger partial charge on any atom is -0.453 e. The first-order chi connectivity index (χ1) is 31.5. The van der Waals surface area contributed by atoms with Gasteiger partial charge in [-0.2, -0.15) is 0 Å². The number of benzene rings is 2. The molecule has 7 rings (SSSR count). The molecule has 15 nitrogen and oxygen atoms in total. The normalized spacial score (nSPS) is 16.3. The van der Waals surface area contributed by atoms with Crippen molar-refractivity contribution >= 4 is 34.9 Å². The van der Waals surface area contributed by atoms with Crippen LogP contribution in [0.2, 0.25) is 0 Å². The second-order valence-electron chi connectivity index (χ2n) is 15.4. The lowest BCUT2D eigenvalue weighted by atomic mass is 9.87. The minimum absolute atomic E-state index is 0.134. The third kappa shape index (κ3) is 13.2. The molecule has 15 heteroatoms. The highest BCUT2D eigenvalue weighted by atomic mass is 16.5. The van der Waals surface area contributed by atoms with Crippen LogP contribution in [0.25, 0.3) is 44.5 Å². The van der Waals surface area contributed by atoms with Crippen LogP contribution >= 0.6 is 0 Å². The number of likely N-dealkylation sites (tertiary alicyclic amines) is 2. The van der Waals surface area contributed by atoms with Crippen LogP contribution in [0.4, 0.5) is 9.59 Å². The maximum atomic E-state index is 13.3. The number of carbonyl (C=O) groups is 4. The maximum absolute atomic E-state index is 13.3. The molecule has 0 bridgehead atoms. The van der Waals surface area contributed by atoms with Gasteiger partial charge in [-0.1, -0.05) is 83.0 Å². The lowest BCUT2D eigenvalue weighted by molar-refractivity contribution is -0.139. The van der Waals surface area contributed by atoms with Gasteiger partial charge in [0.05, 0.1) is 55.1 Å². The van der Waals surface area contributed by atoms with E-state index in [9.17, 15) is 19.2 Å². The fraction of sp³-hybridized carbons (Fsp3) is 0.420. The number of H-pyrrole nitrogens is 2. The number of nitrogens with one attached hydrogen (secondary N) is 4. The number of rotatable bonds is 9. The molecule has 3 aromatic heterocycles. The number of aromatic amines is 2. The molecule has 0 radical (unpaired) electrons. The fourth-order valence-electron chi connectivity index (χ4n) is 7.77. The molecule has 2 fully saturated rings. The van der Waals surface area contributed by atoms with E-state index in [1.807, 2.05) is 31.2 Å². The van der Waals surface area contributed by atoms with Gasteiger partial charge in [-0.3, -0.25) is 14.6 Å². The number of hydrogen-bond donors (Lipinski definition) is 4. The Hall–Kier alpha value is -7.13. The van der Waals surface area contributed by atoms with Crippen molar-refractivity contribution in [3.8, 4) is 59.3 Å². The van der Waals surface area contributed by atoms with E-state index in [1.165, 1.54) is 27.1 Å². The van der Waals surface area contributed by atoms with Gasteiger partial charge < -0.3 is 39.9 Å². The standard InChI is InChI=1S/C40H45N9O6.2C3H8.2C2H2/c1-40(17-5-7-20-49(40)34(51)24-45-39(53)55-3)37-43-22-31(47-37)28-16-15-27(35-29(28)9-8-18-41-35)25-11-13-26(14-12-25)30-21-42-36(46-30)32-10-4-6-19-48(32)33(50)23-44-38(52)54-2;2*1-3-2;2*1-2/h8-9,11-16,18,21-22,32H,4-7,10,17,19-20,23-24H2,1-3H3,(H,42,46)(H,43,47)(H,44,52)(H,45,53);2*3H2,1-2H3;2*1-2H/t32?,40-;;;;/m1..../s1. The van der Waals surface area contributed by atoms with Crippen molar-refractivity contribution in [3.05, 3.63) is 78.8 Å². The van der Waals surface area contributed by atoms with Gasteiger partial charge in [0.15, 0.2) is 0 Å². The van der Waals surface area contributed by atoms with Crippen molar-refractivity contribution in [2.45, 2.75) is 97.6 Å². The highest BCUT2D eigenvalue weighted by Crippen LogP contribution is 2.39. The van der Waals surface area contributed by atoms with Crippen LogP contribution in [0.3, 0.4) is 0 Å². The number of piperidine rings is 2. The largest absolute Gasteiger partial charge is 0.453 e. The Balaban J connectivity index is 0.00000104. The number of aromatic nitrogens is 5. The number of imidazole rings is 2. The summed E-state index contributed by atoms with van der Waals surface area (Å²) in [6.07, 6.45) is 27.8. The summed E-state index contributed by atoms with van der Waals surface area (Å²) >= 11 is 0. The Morgan fingerprint density at radius 1 is 0.723 bits per heavy atom. The smallest absolute Gasteiger partial charge is 0.407 e. The van der Waals surface area contributed by atoms with Gasteiger partial charge in [-0.15, -0.1) is 25.7 Å². The second-order valence-corrected chi connectivity index (χ2v) is 15.4. The van der Waals surface area contributed by atoms with Crippen LogP contribution in [-0.2, 0) is 24.6 Å². The van der Waals surface area contributed by atoms with E-state index in [4.69, 9.17) is 9.97 Å². The number of methoxy groups -OCH3 is 2. The molecule has 0 saturated carbocycles. The molecule has 4 amide bonds. The third-order valence-electron chi connectivity index (χ3n) is 10.7. The summed E-state index contributed by atoms with van der Waals surface area (Å²) in [4.78, 5) is 74.2. The second kappa shape index (κ2) is 26.5. The molecule has 0 spiro atoms. The molecule has 2 aliphatic heterocycles. The van der Waals surface area contributed by atoms with Crippen LogP contribution in [0.15, 0.2) is 67.1 Å². The summed E-state index contributed by atoms with van der Waals surface area (Å²) in [7, 11) is 2.54. The van der Waals surface area contributed by atoms with Crippen LogP contribution < -0.4 is 10.6 Å². The van der Waals surface area contributed by atoms with Gasteiger partial charge in [0, 0.05) is 35.8 Å². The van der Waals surface area contributed by atoms with Crippen molar-refractivity contribution in [3.63, 3.8) is 0 Å². The predicted octanol–water partition coefficient (Wildman–Crippen LogP) is 9.01. The molecular weight excluding hydrogens is 823 g/mol. The Morgan fingerprint density at radius 2 is 1.31 bits per heavy atom. The zero-order chi connectivity index (χ0) is 47.9. The molecule has 2 aliphatic rings. The molecule has 1 unspecified atom stereocenters. The average molecular weight is 888 g/mol. The van der Waals surface area contributed by atoms with Crippen molar-refractivity contribution in [2.24, 2.45) is 0 Å². The quantitative estimate of drug-likeness (QED) is 0.105. The zero-order valence-electron chi connectivity index (χ0n) is 38.9. The summed E-state index contributed by atoms with van der Waals surface area (Å²) < 4.78 is 9.26. The molecule has 65 heavy (non-hydrogen) atoms. The monoisotopic (exact) mass is 888 g/mol. The van der Waals surface area contributed by atoms with E-state index < -0.39 is 17.7 Å². The SMILES string of the molecule is C#C.C#C.CCC.CCC.COC(=O)NCC(=O)N1CCCCC1c1ncc(-c2ccc(-c3ccc(-c4cnc([C@@]5(C)CCCCN5C(=O)CNC(=O)OC)[nH]4)c4cccnc34)cc2)[nH]1. The van der Waals surface area contributed by atoms with E-state index in [0.29, 0.717) is 24.7 Å². The Kier molecular flexibility index (Phi) is 21.3. The van der Waals surface area contributed by atoms with E-state index in [1.54, 1.807) is 28.4 Å². The lowest BCUT2D eigenvalue weighted by Gasteiger charge is -2.43. The Labute approximate surface area is 383 Å². The fourth-order valence-corrected chi connectivity index (χ4v) is 7.77. The van der Waals surface area contributed by atoms with Crippen LogP contribution in [0.1, 0.15) is 104 Å². The number of ether oxygens (including phenoxy) is 2. The van der Waals surface area contributed by atoms with E-state index in [0.717, 1.165) is 83.1 Å². The van der Waals surface area contributed by atoms with Gasteiger partial charge in [0.2, 0.25) is 11.8 Å². The summed E-state index contributed by atoms with van der Waals surface area (Å²) in [5, 5.41) is 5.94. The summed E-state index contributed by atoms with van der Waals surface area (Å²) in [5.41, 5.74) is 5.68. The zero-order valence-corrected chi connectivity index (χ0v) is 38.9. The minimum atomic E-state index is -0.674. The Bertz CT molecular complexity index is 2320. The summed E-state index contributed by atoms with van der Waals surface area (Å²) in [6, 6.07) is 16.1. The van der Waals surface area contributed by atoms with E-state index in [2.05, 4.69) is 113 Å². The third-order valence-corrected chi connectivity index (χ3v) is 10.7. The number of terminal acetylenes is 2. The van der Waals surface area contributed by atoms with E-state index >= 15 is 0 Å². The first-order valence-electron chi connectivity index (χ1n) is 22.0. The number of fused-ring (bicyclic) bond motifs is 1. The molecule has 5 heterocycles. The van der Waals surface area contributed by atoms with Crippen molar-refractivity contribution < 1.29 is 28.7 Å². The molecule has 2 aromatic carbocycles. The number of nitrogens with zero attached hydrogens (tertiary/aromatic N) is 5. The van der Waals surface area contributed by atoms with Gasteiger partial charge in [0.1, 0.15) is 24.7 Å². The number of carbonyl (C=O) groups excluding carboxylic acids is 4. The number of alkyl carbamates (subject to hydrolysis) is 2. The van der Waals surface area contributed by atoms with E-state index in [-0.39, 0.29) is 30.9 Å². The molecule has 0 aliphatic carbocycles. The molecule has 5 aromatic rings. The van der Waals surface area contributed by atoms with Crippen LogP contribution in [-0.4, -0.2) is 99.1 Å². The summed E-state index contributed by atoms with van der Waals surface area (Å²) in [6.45, 7) is 11.4. The first kappa shape index (κ1) is 52.2. The highest BCUT2D eigenvalue weighted by Gasteiger charge is 2.41. The highest BCUT2D eigenvalue weighted by molar-refractivity contribution is 6.02. The summed E-state index contributed by atoms with van der Waals surface area (Å²) in [5.74, 6) is 1.02. The van der Waals surface area contributed by atoms with Gasteiger partial charge in [-0.05, 0) is 62.6 Å².